The second-order valence-electron chi connectivity index (χ2n) is 8.06. The zero-order valence-electron chi connectivity index (χ0n) is 20.3. The van der Waals surface area contributed by atoms with Crippen LogP contribution in [0.5, 0.6) is 0 Å². The van der Waals surface area contributed by atoms with E-state index in [1.807, 2.05) is 11.0 Å². The van der Waals surface area contributed by atoms with Gasteiger partial charge in [-0.15, -0.1) is 0 Å². The van der Waals surface area contributed by atoms with E-state index in [-0.39, 0.29) is 22.5 Å². The number of benzene rings is 1. The summed E-state index contributed by atoms with van der Waals surface area (Å²) in [6.45, 7) is 4.54. The number of hydrogen-bond donors (Lipinski definition) is 3. The molecule has 198 valence electrons. The van der Waals surface area contributed by atoms with Crippen LogP contribution >= 0.6 is 0 Å². The molecule has 0 aliphatic carbocycles. The summed E-state index contributed by atoms with van der Waals surface area (Å²) in [7, 11) is 3.14. The van der Waals surface area contributed by atoms with Gasteiger partial charge in [-0.3, -0.25) is 28.9 Å². The van der Waals surface area contributed by atoms with E-state index in [1.165, 1.54) is 29.8 Å². The normalized spacial score (nSPS) is 13.2. The average molecular weight is 517 g/mol. The van der Waals surface area contributed by atoms with E-state index >= 15 is 0 Å². The first-order valence-corrected chi connectivity index (χ1v) is 11.1. The third-order valence-electron chi connectivity index (χ3n) is 5.68. The number of hydrogen-bond acceptors (Lipinski definition) is 10. The summed E-state index contributed by atoms with van der Waals surface area (Å²) in [5, 5.41) is 38.0. The maximum atomic E-state index is 12.1. The van der Waals surface area contributed by atoms with Crippen molar-refractivity contribution >= 4 is 29.1 Å². The minimum atomic E-state index is -1.82. The van der Waals surface area contributed by atoms with Crippen molar-refractivity contribution in [3.63, 3.8) is 0 Å². The lowest BCUT2D eigenvalue weighted by atomic mass is 10.1. The molecule has 15 heteroatoms. The van der Waals surface area contributed by atoms with E-state index in [0.29, 0.717) is 18.1 Å². The molecule has 1 aliphatic rings. The number of rotatable bonds is 7. The van der Waals surface area contributed by atoms with Gasteiger partial charge in [-0.25, -0.2) is 14.4 Å². The first kappa shape index (κ1) is 28.5. The van der Waals surface area contributed by atoms with Gasteiger partial charge in [-0.2, -0.15) is 5.26 Å². The molecule has 1 aromatic carbocycles. The fourth-order valence-corrected chi connectivity index (χ4v) is 3.64. The number of carboxylic acids is 2. The van der Waals surface area contributed by atoms with Gasteiger partial charge in [0.15, 0.2) is 0 Å². The molecule has 0 radical (unpaired) electrons. The summed E-state index contributed by atoms with van der Waals surface area (Å²) in [4.78, 5) is 57.0. The maximum Gasteiger partial charge on any atom is 0.414 e. The second kappa shape index (κ2) is 12.8. The van der Waals surface area contributed by atoms with Gasteiger partial charge in [0, 0.05) is 65.0 Å². The van der Waals surface area contributed by atoms with Gasteiger partial charge in [0.05, 0.1) is 16.2 Å². The van der Waals surface area contributed by atoms with E-state index in [2.05, 4.69) is 10.2 Å². The quantitative estimate of drug-likeness (QED) is 0.186. The number of carboxylic acid groups (broad SMARTS) is 2. The largest absolute Gasteiger partial charge is 0.473 e. The molecule has 1 saturated heterocycles. The number of nitro groups is 1. The van der Waals surface area contributed by atoms with Crippen LogP contribution in [0.3, 0.4) is 0 Å². The number of aromatic nitrogens is 2. The number of non-ortho nitro benzene ring substituents is 1. The summed E-state index contributed by atoms with van der Waals surface area (Å²) >= 11 is 0. The Morgan fingerprint density at radius 2 is 1.70 bits per heavy atom. The van der Waals surface area contributed by atoms with Crippen LogP contribution in [0, 0.1) is 21.4 Å². The van der Waals surface area contributed by atoms with Gasteiger partial charge >= 0.3 is 17.6 Å². The molecule has 37 heavy (non-hydrogen) atoms. The number of piperazine rings is 1. The third kappa shape index (κ3) is 7.64. The molecule has 1 fully saturated rings. The Balaban J connectivity index is 0.000000717. The number of nitrogens with one attached hydrogen (secondary N) is 1. The number of nitro benzene ring substituents is 1. The lowest BCUT2D eigenvalue weighted by molar-refractivity contribution is -0.384. The Hall–Kier alpha value is -4.71. The molecule has 3 N–H and O–H groups in total. The van der Waals surface area contributed by atoms with E-state index in [1.54, 1.807) is 13.1 Å². The highest BCUT2D eigenvalue weighted by Crippen LogP contribution is 2.21. The first-order chi connectivity index (χ1) is 17.5. The zero-order chi connectivity index (χ0) is 27.7. The van der Waals surface area contributed by atoms with Crippen molar-refractivity contribution in [2.24, 2.45) is 14.1 Å². The van der Waals surface area contributed by atoms with Gasteiger partial charge in [0.25, 0.3) is 11.2 Å². The predicted molar refractivity (Wildman–Crippen MR) is 132 cm³/mol. The van der Waals surface area contributed by atoms with Crippen LogP contribution in [0.2, 0.25) is 0 Å². The Kier molecular flexibility index (Phi) is 9.90. The molecule has 0 atom stereocenters. The molecule has 1 aromatic heterocycles. The maximum absolute atomic E-state index is 12.1. The molecule has 3 rings (SSSR count). The first-order valence-electron chi connectivity index (χ1n) is 11.1. The number of anilines is 2. The van der Waals surface area contributed by atoms with Crippen molar-refractivity contribution in [1.29, 1.82) is 5.26 Å². The van der Waals surface area contributed by atoms with Gasteiger partial charge in [-0.05, 0) is 19.0 Å². The van der Waals surface area contributed by atoms with Crippen LogP contribution in [0.4, 0.5) is 17.2 Å². The topological polar surface area (TPSA) is 204 Å². The van der Waals surface area contributed by atoms with E-state index in [9.17, 15) is 25.0 Å². The van der Waals surface area contributed by atoms with E-state index < -0.39 is 16.9 Å². The predicted octanol–water partition coefficient (Wildman–Crippen LogP) is -0.356. The highest BCUT2D eigenvalue weighted by atomic mass is 16.6. The molecular weight excluding hydrogens is 490 g/mol. The Bertz CT molecular complexity index is 1310. The molecule has 0 amide bonds. The van der Waals surface area contributed by atoms with Crippen molar-refractivity contribution in [3.8, 4) is 6.07 Å². The third-order valence-corrected chi connectivity index (χ3v) is 5.68. The summed E-state index contributed by atoms with van der Waals surface area (Å²) in [6, 6.07) is 7.70. The number of nitriles is 1. The summed E-state index contributed by atoms with van der Waals surface area (Å²) in [5.41, 5.74) is 0.0919. The van der Waals surface area contributed by atoms with Gasteiger partial charge in [0.2, 0.25) is 0 Å². The fourth-order valence-electron chi connectivity index (χ4n) is 3.64. The molecule has 2 aromatic rings. The molecule has 2 heterocycles. The lowest BCUT2D eigenvalue weighted by Crippen LogP contribution is -2.49. The van der Waals surface area contributed by atoms with Crippen molar-refractivity contribution in [2.75, 3.05) is 49.5 Å². The highest BCUT2D eigenvalue weighted by Gasteiger charge is 2.20. The molecule has 0 unspecified atom stereocenters. The fraction of sp³-hybridized carbons (Fsp3) is 0.409. The molecule has 0 bridgehead atoms. The Morgan fingerprint density at radius 3 is 2.24 bits per heavy atom. The Labute approximate surface area is 210 Å². The van der Waals surface area contributed by atoms with Gasteiger partial charge in [0.1, 0.15) is 11.9 Å². The van der Waals surface area contributed by atoms with E-state index in [0.717, 1.165) is 43.7 Å². The summed E-state index contributed by atoms with van der Waals surface area (Å²) < 4.78 is 2.59. The molecule has 0 saturated carbocycles. The van der Waals surface area contributed by atoms with Crippen molar-refractivity contribution in [2.45, 2.75) is 6.42 Å². The number of carbonyl (C=O) groups is 2. The molecule has 0 spiro atoms. The standard InChI is InChI=1S/C20H25N7O4.C2H2O4/c1-23-18(13-19(28)24(2)20(23)29)26-10-8-25(9-11-26)7-3-6-22-17-5-4-16(27(30)31)12-15(17)14-21;3-1(4)2(5)6/h4-5,12-13,22H,3,6-11H2,1-2H3;(H,3,4)(H,5,6). The van der Waals surface area contributed by atoms with Gasteiger partial charge in [-0.1, -0.05) is 0 Å². The highest BCUT2D eigenvalue weighted by molar-refractivity contribution is 6.27. The Morgan fingerprint density at radius 1 is 1.08 bits per heavy atom. The van der Waals surface area contributed by atoms with Crippen molar-refractivity contribution in [3.05, 3.63) is 60.8 Å². The molecule has 15 nitrogen and oxygen atoms in total. The smallest absolute Gasteiger partial charge is 0.414 e. The van der Waals surface area contributed by atoms with Crippen molar-refractivity contribution in [1.82, 2.24) is 14.0 Å². The van der Waals surface area contributed by atoms with Crippen molar-refractivity contribution < 1.29 is 24.7 Å². The minimum absolute atomic E-state index is 0.103. The van der Waals surface area contributed by atoms with Crippen LogP contribution in [-0.4, -0.2) is 80.4 Å². The molecular formula is C22H27N7O8. The van der Waals surface area contributed by atoms with Crippen LogP contribution < -0.4 is 21.5 Å². The zero-order valence-corrected chi connectivity index (χ0v) is 20.3. The molecule has 1 aliphatic heterocycles. The number of nitrogens with zero attached hydrogens (tertiary/aromatic N) is 6. The average Bonchev–Trinajstić information content (AvgIpc) is 2.88. The monoisotopic (exact) mass is 517 g/mol. The van der Waals surface area contributed by atoms with Crippen LogP contribution in [0.15, 0.2) is 33.9 Å². The van der Waals surface area contributed by atoms with E-state index in [4.69, 9.17) is 19.8 Å². The lowest BCUT2D eigenvalue weighted by Gasteiger charge is -2.36. The van der Waals surface area contributed by atoms with Gasteiger partial charge < -0.3 is 20.4 Å². The summed E-state index contributed by atoms with van der Waals surface area (Å²) in [6.07, 6.45) is 0.840. The summed E-state index contributed by atoms with van der Waals surface area (Å²) in [5.74, 6) is -3.01. The SMILES string of the molecule is Cn1c(N2CCN(CCCNc3ccc([N+](=O)[O-])cc3C#N)CC2)cc(=O)n(C)c1=O.O=C(O)C(=O)O. The number of aliphatic carboxylic acids is 2. The minimum Gasteiger partial charge on any atom is -0.473 e. The van der Waals surface area contributed by atoms with Crippen LogP contribution in [0.1, 0.15) is 12.0 Å². The van der Waals surface area contributed by atoms with Crippen LogP contribution in [0.25, 0.3) is 0 Å². The van der Waals surface area contributed by atoms with Crippen LogP contribution in [-0.2, 0) is 23.7 Å². The second-order valence-corrected chi connectivity index (χ2v) is 8.06.